The average Bonchev–Trinajstić information content (AvgIpc) is 3.09. The SMILES string of the molecule is COc1ccccc1C1=CSc2nnc(COc3ccccc3)n2N1. The number of benzene rings is 2. The Balaban J connectivity index is 1.55. The third-order valence-electron chi connectivity index (χ3n) is 3.72. The van der Waals surface area contributed by atoms with Gasteiger partial charge in [-0.1, -0.05) is 42.1 Å². The van der Waals surface area contributed by atoms with Gasteiger partial charge in [0.2, 0.25) is 5.16 Å². The Morgan fingerprint density at radius 3 is 2.68 bits per heavy atom. The van der Waals surface area contributed by atoms with E-state index in [-0.39, 0.29) is 0 Å². The molecule has 1 aliphatic rings. The number of hydrogen-bond donors (Lipinski definition) is 1. The molecule has 1 aromatic heterocycles. The van der Waals surface area contributed by atoms with Crippen LogP contribution in [0.5, 0.6) is 11.5 Å². The van der Waals surface area contributed by atoms with Crippen LogP contribution < -0.4 is 14.9 Å². The molecular weight excluding hydrogens is 336 g/mol. The number of thioether (sulfide) groups is 1. The smallest absolute Gasteiger partial charge is 0.214 e. The Kier molecular flexibility index (Phi) is 4.30. The molecule has 6 nitrogen and oxygen atoms in total. The molecule has 0 spiro atoms. The zero-order chi connectivity index (χ0) is 17.1. The van der Waals surface area contributed by atoms with Crippen molar-refractivity contribution in [1.29, 1.82) is 0 Å². The first-order valence-corrected chi connectivity index (χ1v) is 8.62. The van der Waals surface area contributed by atoms with Gasteiger partial charge in [0.05, 0.1) is 12.8 Å². The van der Waals surface area contributed by atoms with Crippen molar-refractivity contribution in [3.05, 3.63) is 71.4 Å². The standard InChI is InChI=1S/C18H16N4O2S/c1-23-16-10-6-5-9-14(16)15-12-25-18-20-19-17(22(18)21-15)11-24-13-7-3-2-4-8-13/h2-10,12,21H,11H2,1H3. The lowest BCUT2D eigenvalue weighted by Gasteiger charge is -2.20. The van der Waals surface area contributed by atoms with Gasteiger partial charge < -0.3 is 9.47 Å². The van der Waals surface area contributed by atoms with E-state index < -0.39 is 0 Å². The highest BCUT2D eigenvalue weighted by Crippen LogP contribution is 2.32. The van der Waals surface area contributed by atoms with Crippen LogP contribution in [0.1, 0.15) is 11.4 Å². The molecule has 2 aromatic carbocycles. The molecule has 2 heterocycles. The number of para-hydroxylation sites is 2. The molecule has 0 aliphatic carbocycles. The maximum absolute atomic E-state index is 5.79. The van der Waals surface area contributed by atoms with Gasteiger partial charge in [-0.25, -0.2) is 4.68 Å². The summed E-state index contributed by atoms with van der Waals surface area (Å²) in [4.78, 5) is 0. The molecule has 1 aliphatic heterocycles. The van der Waals surface area contributed by atoms with Crippen LogP contribution in [0.15, 0.2) is 65.2 Å². The Hall–Kier alpha value is -2.93. The fraction of sp³-hybridized carbons (Fsp3) is 0.111. The van der Waals surface area contributed by atoms with E-state index in [2.05, 4.69) is 15.6 Å². The molecule has 0 radical (unpaired) electrons. The molecule has 0 bridgehead atoms. The van der Waals surface area contributed by atoms with E-state index in [0.29, 0.717) is 12.4 Å². The Bertz CT molecular complexity index is 908. The van der Waals surface area contributed by atoms with Gasteiger partial charge in [0.25, 0.3) is 0 Å². The van der Waals surface area contributed by atoms with Gasteiger partial charge in [-0.2, -0.15) is 0 Å². The summed E-state index contributed by atoms with van der Waals surface area (Å²) in [5.74, 6) is 2.30. The quantitative estimate of drug-likeness (QED) is 0.758. The summed E-state index contributed by atoms with van der Waals surface area (Å²) in [6, 6.07) is 17.5. The Morgan fingerprint density at radius 2 is 1.84 bits per heavy atom. The number of nitrogens with one attached hydrogen (secondary N) is 1. The summed E-state index contributed by atoms with van der Waals surface area (Å²) in [5, 5.41) is 11.2. The molecule has 3 aromatic rings. The molecule has 1 N–H and O–H groups in total. The predicted octanol–water partition coefficient (Wildman–Crippen LogP) is 3.51. The topological polar surface area (TPSA) is 61.2 Å². The summed E-state index contributed by atoms with van der Waals surface area (Å²) >= 11 is 1.51. The van der Waals surface area contributed by atoms with Crippen LogP contribution in [0.4, 0.5) is 0 Å². The van der Waals surface area contributed by atoms with E-state index in [0.717, 1.165) is 27.9 Å². The van der Waals surface area contributed by atoms with Crippen molar-refractivity contribution in [2.24, 2.45) is 0 Å². The van der Waals surface area contributed by atoms with Crippen molar-refractivity contribution in [2.75, 3.05) is 12.5 Å². The van der Waals surface area contributed by atoms with E-state index in [1.54, 1.807) is 7.11 Å². The van der Waals surface area contributed by atoms with Crippen LogP contribution >= 0.6 is 11.8 Å². The lowest BCUT2D eigenvalue weighted by molar-refractivity contribution is 0.291. The predicted molar refractivity (Wildman–Crippen MR) is 97.0 cm³/mol. The molecule has 7 heteroatoms. The number of methoxy groups -OCH3 is 1. The van der Waals surface area contributed by atoms with Gasteiger partial charge in [-0.15, -0.1) is 10.2 Å². The molecule has 25 heavy (non-hydrogen) atoms. The van der Waals surface area contributed by atoms with Crippen molar-refractivity contribution < 1.29 is 9.47 Å². The van der Waals surface area contributed by atoms with Crippen LogP contribution in [0.2, 0.25) is 0 Å². The Labute approximate surface area is 149 Å². The summed E-state index contributed by atoms with van der Waals surface area (Å²) in [6.45, 7) is 0.323. The van der Waals surface area contributed by atoms with E-state index in [1.165, 1.54) is 11.8 Å². The summed E-state index contributed by atoms with van der Waals surface area (Å²) in [5.41, 5.74) is 5.25. The molecule has 126 valence electrons. The van der Waals surface area contributed by atoms with Crippen LogP contribution in [0, 0.1) is 0 Å². The summed E-state index contributed by atoms with van der Waals surface area (Å²) in [6.07, 6.45) is 0. The third-order valence-corrected chi connectivity index (χ3v) is 4.55. The van der Waals surface area contributed by atoms with Crippen molar-refractivity contribution in [3.8, 4) is 11.5 Å². The molecule has 0 saturated heterocycles. The first-order chi connectivity index (χ1) is 12.3. The summed E-state index contributed by atoms with van der Waals surface area (Å²) in [7, 11) is 1.67. The molecular formula is C18H16N4O2S. The monoisotopic (exact) mass is 352 g/mol. The van der Waals surface area contributed by atoms with Crippen molar-refractivity contribution in [3.63, 3.8) is 0 Å². The lowest BCUT2D eigenvalue weighted by Crippen LogP contribution is -2.21. The van der Waals surface area contributed by atoms with Crippen LogP contribution in [-0.2, 0) is 6.61 Å². The average molecular weight is 352 g/mol. The molecule has 0 amide bonds. The highest BCUT2D eigenvalue weighted by atomic mass is 32.2. The third kappa shape index (κ3) is 3.18. The second kappa shape index (κ2) is 6.90. The Morgan fingerprint density at radius 1 is 1.04 bits per heavy atom. The minimum Gasteiger partial charge on any atom is -0.496 e. The molecule has 0 saturated carbocycles. The normalized spacial score (nSPS) is 12.8. The number of hydrogen-bond acceptors (Lipinski definition) is 6. The van der Waals surface area contributed by atoms with Crippen molar-refractivity contribution in [1.82, 2.24) is 14.9 Å². The maximum atomic E-state index is 5.79. The zero-order valence-electron chi connectivity index (χ0n) is 13.5. The highest BCUT2D eigenvalue weighted by molar-refractivity contribution is 8.02. The van der Waals surface area contributed by atoms with Crippen molar-refractivity contribution >= 4 is 17.5 Å². The second-order valence-corrected chi connectivity index (χ2v) is 6.13. The number of nitrogens with zero attached hydrogens (tertiary/aromatic N) is 3. The molecule has 4 rings (SSSR count). The first kappa shape index (κ1) is 15.6. The van der Waals surface area contributed by atoms with Crippen LogP contribution in [0.3, 0.4) is 0 Å². The van der Waals surface area contributed by atoms with Gasteiger partial charge in [0, 0.05) is 11.0 Å². The van der Waals surface area contributed by atoms with Gasteiger partial charge in [0.1, 0.15) is 18.1 Å². The van der Waals surface area contributed by atoms with Gasteiger partial charge >= 0.3 is 0 Å². The molecule has 0 atom stereocenters. The number of ether oxygens (including phenoxy) is 2. The lowest BCUT2D eigenvalue weighted by atomic mass is 10.1. The zero-order valence-corrected chi connectivity index (χ0v) is 14.4. The van der Waals surface area contributed by atoms with Gasteiger partial charge in [-0.3, -0.25) is 5.43 Å². The summed E-state index contributed by atoms with van der Waals surface area (Å²) < 4.78 is 13.1. The van der Waals surface area contributed by atoms with E-state index in [9.17, 15) is 0 Å². The largest absolute Gasteiger partial charge is 0.496 e. The number of aromatic nitrogens is 3. The highest BCUT2D eigenvalue weighted by Gasteiger charge is 2.20. The molecule has 0 unspecified atom stereocenters. The fourth-order valence-corrected chi connectivity index (χ4v) is 3.24. The van der Waals surface area contributed by atoms with E-state index in [1.807, 2.05) is 64.7 Å². The minimum atomic E-state index is 0.323. The number of fused-ring (bicyclic) bond motifs is 1. The second-order valence-electron chi connectivity index (χ2n) is 5.30. The van der Waals surface area contributed by atoms with E-state index >= 15 is 0 Å². The van der Waals surface area contributed by atoms with E-state index in [4.69, 9.17) is 9.47 Å². The minimum absolute atomic E-state index is 0.323. The van der Waals surface area contributed by atoms with Gasteiger partial charge in [-0.05, 0) is 24.3 Å². The molecule has 0 fully saturated rings. The van der Waals surface area contributed by atoms with Crippen LogP contribution in [-0.4, -0.2) is 22.0 Å². The first-order valence-electron chi connectivity index (χ1n) is 7.74. The maximum Gasteiger partial charge on any atom is 0.214 e. The van der Waals surface area contributed by atoms with Crippen LogP contribution in [0.25, 0.3) is 5.70 Å². The van der Waals surface area contributed by atoms with Gasteiger partial charge in [0.15, 0.2) is 5.82 Å². The van der Waals surface area contributed by atoms with Crippen molar-refractivity contribution in [2.45, 2.75) is 11.8 Å². The fourth-order valence-electron chi connectivity index (χ4n) is 2.50. The number of rotatable bonds is 5.